The first-order valence-corrected chi connectivity index (χ1v) is 12.2. The Kier molecular flexibility index (Phi) is 7.24. The summed E-state index contributed by atoms with van der Waals surface area (Å²) in [7, 11) is 0. The highest BCUT2D eigenvalue weighted by atomic mass is 32.2. The first kappa shape index (κ1) is 23.2. The zero-order valence-corrected chi connectivity index (χ0v) is 19.9. The molecule has 1 fully saturated rings. The predicted octanol–water partition coefficient (Wildman–Crippen LogP) is 2.69. The Labute approximate surface area is 196 Å². The number of amides is 1. The second-order valence-electron chi connectivity index (χ2n) is 8.05. The summed E-state index contributed by atoms with van der Waals surface area (Å²) in [6.45, 7) is 6.55. The van der Waals surface area contributed by atoms with Crippen molar-refractivity contribution >= 4 is 17.7 Å². The molecule has 1 amide bonds. The quantitative estimate of drug-likeness (QED) is 0.417. The first-order chi connectivity index (χ1) is 16.0. The Morgan fingerprint density at radius 1 is 1.18 bits per heavy atom. The standard InChI is InChI=1S/C23H28N6O3S/c1-15-18(21(31)26-23(24-15)33-3)9-10-19(30)29-13-11-28(12-14-29)16(2)22-25-20(27-32-22)17-7-5-4-6-8-17/h4-8,16H,9-14H2,1-3H3,(H,24,26,31). The number of aromatic nitrogens is 4. The molecule has 0 spiro atoms. The average Bonchev–Trinajstić information content (AvgIpc) is 3.34. The highest BCUT2D eigenvalue weighted by Crippen LogP contribution is 2.23. The van der Waals surface area contributed by atoms with Crippen LogP contribution in [0.2, 0.25) is 0 Å². The number of aromatic amines is 1. The average molecular weight is 469 g/mol. The smallest absolute Gasteiger partial charge is 0.254 e. The molecule has 0 radical (unpaired) electrons. The van der Waals surface area contributed by atoms with Gasteiger partial charge in [-0.1, -0.05) is 47.3 Å². The van der Waals surface area contributed by atoms with Gasteiger partial charge in [0.05, 0.1) is 6.04 Å². The van der Waals surface area contributed by atoms with E-state index < -0.39 is 0 Å². The van der Waals surface area contributed by atoms with E-state index in [1.807, 2.05) is 55.3 Å². The Morgan fingerprint density at radius 2 is 1.91 bits per heavy atom. The predicted molar refractivity (Wildman–Crippen MR) is 126 cm³/mol. The molecule has 1 saturated heterocycles. The highest BCUT2D eigenvalue weighted by Gasteiger charge is 2.28. The zero-order valence-electron chi connectivity index (χ0n) is 19.1. The molecule has 1 aliphatic heterocycles. The van der Waals surface area contributed by atoms with Gasteiger partial charge in [-0.15, -0.1) is 0 Å². The molecule has 1 unspecified atom stereocenters. The number of nitrogens with one attached hydrogen (secondary N) is 1. The number of carbonyl (C=O) groups excluding carboxylic acids is 1. The van der Waals surface area contributed by atoms with Gasteiger partial charge >= 0.3 is 0 Å². The van der Waals surface area contributed by atoms with E-state index >= 15 is 0 Å². The molecule has 1 N–H and O–H groups in total. The van der Waals surface area contributed by atoms with Crippen molar-refractivity contribution in [3.05, 3.63) is 57.8 Å². The van der Waals surface area contributed by atoms with Crippen LogP contribution in [-0.4, -0.2) is 68.3 Å². The summed E-state index contributed by atoms with van der Waals surface area (Å²) in [4.78, 5) is 40.8. The van der Waals surface area contributed by atoms with E-state index in [-0.39, 0.29) is 17.5 Å². The van der Waals surface area contributed by atoms with Crippen LogP contribution in [-0.2, 0) is 11.2 Å². The normalized spacial score (nSPS) is 15.5. The molecule has 1 atom stereocenters. The molecule has 0 saturated carbocycles. The van der Waals surface area contributed by atoms with Gasteiger partial charge in [-0.05, 0) is 26.5 Å². The minimum absolute atomic E-state index is 0.0329. The van der Waals surface area contributed by atoms with Crippen molar-refractivity contribution in [3.8, 4) is 11.4 Å². The molecule has 33 heavy (non-hydrogen) atoms. The number of hydrogen-bond donors (Lipinski definition) is 1. The number of carbonyl (C=O) groups is 1. The number of benzene rings is 1. The van der Waals surface area contributed by atoms with E-state index in [0.29, 0.717) is 54.1 Å². The fraction of sp³-hybridized carbons (Fsp3) is 0.435. The molecule has 3 heterocycles. The maximum atomic E-state index is 12.8. The van der Waals surface area contributed by atoms with Gasteiger partial charge in [0, 0.05) is 49.4 Å². The van der Waals surface area contributed by atoms with Crippen LogP contribution < -0.4 is 5.56 Å². The third-order valence-corrected chi connectivity index (χ3v) is 6.61. The van der Waals surface area contributed by atoms with Crippen molar-refractivity contribution in [2.45, 2.75) is 37.9 Å². The second kappa shape index (κ2) is 10.3. The minimum Gasteiger partial charge on any atom is -0.340 e. The van der Waals surface area contributed by atoms with Crippen molar-refractivity contribution in [1.82, 2.24) is 29.9 Å². The lowest BCUT2D eigenvalue weighted by molar-refractivity contribution is -0.133. The molecule has 0 aliphatic carbocycles. The Bertz CT molecular complexity index is 1150. The molecular formula is C23H28N6O3S. The Balaban J connectivity index is 1.30. The van der Waals surface area contributed by atoms with Crippen LogP contribution >= 0.6 is 11.8 Å². The number of hydrogen-bond acceptors (Lipinski definition) is 8. The van der Waals surface area contributed by atoms with E-state index in [1.165, 1.54) is 11.8 Å². The van der Waals surface area contributed by atoms with Gasteiger partial charge in [-0.2, -0.15) is 4.98 Å². The monoisotopic (exact) mass is 468 g/mol. The van der Waals surface area contributed by atoms with E-state index in [1.54, 1.807) is 0 Å². The molecule has 2 aromatic heterocycles. The van der Waals surface area contributed by atoms with Gasteiger partial charge < -0.3 is 14.4 Å². The fourth-order valence-electron chi connectivity index (χ4n) is 3.99. The number of nitrogens with zero attached hydrogens (tertiary/aromatic N) is 5. The van der Waals surface area contributed by atoms with Crippen LogP contribution in [0.4, 0.5) is 0 Å². The Hall–Kier alpha value is -2.98. The van der Waals surface area contributed by atoms with E-state index in [4.69, 9.17) is 4.52 Å². The third kappa shape index (κ3) is 5.33. The lowest BCUT2D eigenvalue weighted by atomic mass is 10.1. The van der Waals surface area contributed by atoms with Crippen molar-refractivity contribution in [2.75, 3.05) is 32.4 Å². The number of rotatable bonds is 7. The summed E-state index contributed by atoms with van der Waals surface area (Å²) < 4.78 is 5.51. The lowest BCUT2D eigenvalue weighted by Gasteiger charge is -2.36. The van der Waals surface area contributed by atoms with Gasteiger partial charge in [-0.3, -0.25) is 14.5 Å². The number of piperazine rings is 1. The van der Waals surface area contributed by atoms with Crippen molar-refractivity contribution in [3.63, 3.8) is 0 Å². The molecule has 9 nitrogen and oxygen atoms in total. The molecule has 174 valence electrons. The van der Waals surface area contributed by atoms with Crippen molar-refractivity contribution in [1.29, 1.82) is 0 Å². The summed E-state index contributed by atoms with van der Waals surface area (Å²) in [6.07, 6.45) is 2.55. The minimum atomic E-state index is -0.160. The number of aryl methyl sites for hydroxylation is 1. The topological polar surface area (TPSA) is 108 Å². The summed E-state index contributed by atoms with van der Waals surface area (Å²) in [6, 6.07) is 9.70. The van der Waals surface area contributed by atoms with Crippen molar-refractivity contribution < 1.29 is 9.32 Å². The summed E-state index contributed by atoms with van der Waals surface area (Å²) in [5.41, 5.74) is 2.03. The zero-order chi connectivity index (χ0) is 23.4. The van der Waals surface area contributed by atoms with Gasteiger partial charge in [0.15, 0.2) is 5.16 Å². The van der Waals surface area contributed by atoms with Crippen LogP contribution in [0, 0.1) is 6.92 Å². The van der Waals surface area contributed by atoms with Crippen molar-refractivity contribution in [2.24, 2.45) is 0 Å². The maximum Gasteiger partial charge on any atom is 0.254 e. The van der Waals surface area contributed by atoms with Crippen LogP contribution in [0.5, 0.6) is 0 Å². The summed E-state index contributed by atoms with van der Waals surface area (Å²) in [5, 5.41) is 4.70. The molecule has 3 aromatic rings. The molecule has 1 aliphatic rings. The first-order valence-electron chi connectivity index (χ1n) is 11.0. The van der Waals surface area contributed by atoms with Gasteiger partial charge in [0.2, 0.25) is 17.6 Å². The Morgan fingerprint density at radius 3 is 2.58 bits per heavy atom. The number of thioether (sulfide) groups is 1. The number of H-pyrrole nitrogens is 1. The van der Waals surface area contributed by atoms with E-state index in [2.05, 4.69) is 25.0 Å². The fourth-order valence-corrected chi connectivity index (χ4v) is 4.41. The molecular weight excluding hydrogens is 440 g/mol. The molecule has 4 rings (SSSR count). The van der Waals surface area contributed by atoms with Crippen LogP contribution in [0.1, 0.15) is 36.5 Å². The van der Waals surface area contributed by atoms with Gasteiger partial charge in [0.1, 0.15) is 0 Å². The molecule has 10 heteroatoms. The summed E-state index contributed by atoms with van der Waals surface area (Å²) in [5.74, 6) is 1.21. The third-order valence-electron chi connectivity index (χ3n) is 6.03. The van der Waals surface area contributed by atoms with Crippen LogP contribution in [0.15, 0.2) is 44.8 Å². The highest BCUT2D eigenvalue weighted by molar-refractivity contribution is 7.98. The van der Waals surface area contributed by atoms with E-state index in [0.717, 1.165) is 18.7 Å². The lowest BCUT2D eigenvalue weighted by Crippen LogP contribution is -2.49. The SMILES string of the molecule is CSc1nc(C)c(CCC(=O)N2CCN(C(C)c3nc(-c4ccccc4)no3)CC2)c(=O)[nH]1. The maximum absolute atomic E-state index is 12.8. The largest absolute Gasteiger partial charge is 0.340 e. The molecule has 1 aromatic carbocycles. The van der Waals surface area contributed by atoms with Gasteiger partial charge in [0.25, 0.3) is 5.56 Å². The van der Waals surface area contributed by atoms with Gasteiger partial charge in [-0.25, -0.2) is 4.98 Å². The van der Waals surface area contributed by atoms with Crippen LogP contribution in [0.25, 0.3) is 11.4 Å². The second-order valence-corrected chi connectivity index (χ2v) is 8.85. The summed E-state index contributed by atoms with van der Waals surface area (Å²) >= 11 is 1.39. The van der Waals surface area contributed by atoms with Crippen LogP contribution in [0.3, 0.4) is 0 Å². The molecule has 0 bridgehead atoms. The van der Waals surface area contributed by atoms with E-state index in [9.17, 15) is 9.59 Å².